The second-order valence-corrected chi connectivity index (χ2v) is 4.41. The molecule has 0 bridgehead atoms. The van der Waals surface area contributed by atoms with Crippen molar-refractivity contribution in [2.24, 2.45) is 0 Å². The fourth-order valence-electron chi connectivity index (χ4n) is 1.80. The van der Waals surface area contributed by atoms with E-state index in [4.69, 9.17) is 6.42 Å². The minimum Gasteiger partial charge on any atom is -0.206 e. The fourth-order valence-corrected chi connectivity index (χ4v) is 1.80. The van der Waals surface area contributed by atoms with E-state index >= 15 is 0 Å². The van der Waals surface area contributed by atoms with E-state index in [0.29, 0.717) is 5.56 Å². The highest BCUT2D eigenvalue weighted by Crippen LogP contribution is 2.11. The molecule has 2 rings (SSSR count). The van der Waals surface area contributed by atoms with E-state index in [1.807, 2.05) is 26.0 Å². The Morgan fingerprint density at radius 2 is 1.68 bits per heavy atom. The van der Waals surface area contributed by atoms with Gasteiger partial charge in [-0.25, -0.2) is 4.39 Å². The lowest BCUT2D eigenvalue weighted by atomic mass is 10.1. The number of terminal acetylenes is 1. The van der Waals surface area contributed by atoms with Crippen molar-refractivity contribution in [3.8, 4) is 24.2 Å². The summed E-state index contributed by atoms with van der Waals surface area (Å²) in [6.07, 6.45) is 5.17. The van der Waals surface area contributed by atoms with Crippen LogP contribution in [0.15, 0.2) is 36.4 Å². The quantitative estimate of drug-likeness (QED) is 0.622. The van der Waals surface area contributed by atoms with Crippen molar-refractivity contribution in [2.75, 3.05) is 0 Å². The number of hydrogen-bond acceptors (Lipinski definition) is 0. The molecular weight excluding hydrogens is 235 g/mol. The number of aryl methyl sites for hydroxylation is 2. The number of rotatable bonds is 0. The minimum atomic E-state index is -0.407. The molecule has 0 aliphatic heterocycles. The molecule has 0 nitrogen and oxygen atoms in total. The maximum atomic E-state index is 13.5. The van der Waals surface area contributed by atoms with Crippen LogP contribution in [0, 0.1) is 43.8 Å². The Morgan fingerprint density at radius 1 is 0.947 bits per heavy atom. The van der Waals surface area contributed by atoms with Gasteiger partial charge in [0, 0.05) is 11.1 Å². The molecule has 2 aromatic carbocycles. The van der Waals surface area contributed by atoms with Crippen LogP contribution in [0.25, 0.3) is 0 Å². The molecule has 0 N–H and O–H groups in total. The largest absolute Gasteiger partial charge is 0.206 e. The first-order valence-corrected chi connectivity index (χ1v) is 5.95. The van der Waals surface area contributed by atoms with Crippen molar-refractivity contribution in [1.82, 2.24) is 0 Å². The van der Waals surface area contributed by atoms with Crippen LogP contribution in [0.2, 0.25) is 0 Å². The maximum Gasteiger partial charge on any atom is 0.140 e. The van der Waals surface area contributed by atoms with Gasteiger partial charge in [0.2, 0.25) is 0 Å². The Hall–Kier alpha value is -2.51. The predicted molar refractivity (Wildman–Crippen MR) is 76.2 cm³/mol. The minimum absolute atomic E-state index is 0.261. The zero-order valence-corrected chi connectivity index (χ0v) is 10.9. The Balaban J connectivity index is 2.34. The molecule has 0 aliphatic rings. The summed E-state index contributed by atoms with van der Waals surface area (Å²) in [6.45, 7) is 4.05. The molecule has 0 spiro atoms. The van der Waals surface area contributed by atoms with Crippen LogP contribution in [0.1, 0.15) is 27.8 Å². The van der Waals surface area contributed by atoms with Gasteiger partial charge in [0.1, 0.15) is 5.82 Å². The summed E-state index contributed by atoms with van der Waals surface area (Å²) in [5.74, 6) is 7.89. The Kier molecular flexibility index (Phi) is 3.69. The summed E-state index contributed by atoms with van der Waals surface area (Å²) in [7, 11) is 0. The number of benzene rings is 2. The van der Waals surface area contributed by atoms with Gasteiger partial charge in [-0.05, 0) is 43.7 Å². The first-order valence-electron chi connectivity index (χ1n) is 5.95. The third kappa shape index (κ3) is 3.03. The molecule has 1 heteroatoms. The molecule has 0 radical (unpaired) electrons. The van der Waals surface area contributed by atoms with Crippen LogP contribution >= 0.6 is 0 Å². The van der Waals surface area contributed by atoms with Gasteiger partial charge in [-0.2, -0.15) is 0 Å². The van der Waals surface area contributed by atoms with Crippen molar-refractivity contribution < 1.29 is 4.39 Å². The van der Waals surface area contributed by atoms with Crippen molar-refractivity contribution in [2.45, 2.75) is 13.8 Å². The third-order valence-corrected chi connectivity index (χ3v) is 2.85. The average molecular weight is 248 g/mol. The summed E-state index contributed by atoms with van der Waals surface area (Å²) in [5.41, 5.74) is 4.15. The molecule has 19 heavy (non-hydrogen) atoms. The van der Waals surface area contributed by atoms with Crippen LogP contribution in [-0.4, -0.2) is 0 Å². The van der Waals surface area contributed by atoms with Crippen LogP contribution in [0.3, 0.4) is 0 Å². The maximum absolute atomic E-state index is 13.5. The molecule has 0 heterocycles. The molecule has 0 fully saturated rings. The van der Waals surface area contributed by atoms with E-state index in [1.54, 1.807) is 12.1 Å². The highest BCUT2D eigenvalue weighted by Gasteiger charge is 1.99. The van der Waals surface area contributed by atoms with Gasteiger partial charge < -0.3 is 0 Å². The molecule has 0 atom stereocenters. The Labute approximate surface area is 113 Å². The summed E-state index contributed by atoms with van der Waals surface area (Å²) in [6, 6.07) is 10.7. The van der Waals surface area contributed by atoms with Crippen LogP contribution in [0.4, 0.5) is 4.39 Å². The lowest BCUT2D eigenvalue weighted by molar-refractivity contribution is 0.624. The van der Waals surface area contributed by atoms with Gasteiger partial charge in [-0.15, -0.1) is 6.42 Å². The Morgan fingerprint density at radius 3 is 2.32 bits per heavy atom. The van der Waals surface area contributed by atoms with E-state index in [2.05, 4.69) is 23.8 Å². The summed E-state index contributed by atoms with van der Waals surface area (Å²) < 4.78 is 13.5. The van der Waals surface area contributed by atoms with E-state index in [0.717, 1.165) is 11.1 Å². The van der Waals surface area contributed by atoms with Crippen molar-refractivity contribution in [3.63, 3.8) is 0 Å². The van der Waals surface area contributed by atoms with Crippen molar-refractivity contribution in [3.05, 3.63) is 70.0 Å². The predicted octanol–water partition coefficient (Wildman–Crippen LogP) is 3.82. The van der Waals surface area contributed by atoms with E-state index < -0.39 is 5.82 Å². The van der Waals surface area contributed by atoms with Gasteiger partial charge in [-0.1, -0.05) is 35.5 Å². The molecule has 0 unspecified atom stereocenters. The second-order valence-electron chi connectivity index (χ2n) is 4.41. The molecule has 0 saturated heterocycles. The van der Waals surface area contributed by atoms with Gasteiger partial charge in [0.05, 0.1) is 5.56 Å². The highest BCUT2D eigenvalue weighted by atomic mass is 19.1. The molecule has 0 aromatic heterocycles. The van der Waals surface area contributed by atoms with E-state index in [-0.39, 0.29) is 5.56 Å². The highest BCUT2D eigenvalue weighted by molar-refractivity contribution is 5.48. The molecular formula is C18H13F. The van der Waals surface area contributed by atoms with Gasteiger partial charge in [0.15, 0.2) is 0 Å². The lowest BCUT2D eigenvalue weighted by Gasteiger charge is -1.99. The van der Waals surface area contributed by atoms with Crippen molar-refractivity contribution >= 4 is 0 Å². The SMILES string of the molecule is C#Cc1ccc(C#Cc2ccc(C)cc2C)cc1F. The normalized spacial score (nSPS) is 9.37. The van der Waals surface area contributed by atoms with Crippen LogP contribution in [0.5, 0.6) is 0 Å². The molecule has 2 aromatic rings. The van der Waals surface area contributed by atoms with Crippen molar-refractivity contribution in [1.29, 1.82) is 0 Å². The molecule has 0 aliphatic carbocycles. The van der Waals surface area contributed by atoms with E-state index in [1.165, 1.54) is 11.6 Å². The summed E-state index contributed by atoms with van der Waals surface area (Å²) in [5, 5.41) is 0. The average Bonchev–Trinajstić information content (AvgIpc) is 2.38. The van der Waals surface area contributed by atoms with E-state index in [9.17, 15) is 4.39 Å². The van der Waals surface area contributed by atoms with Crippen LogP contribution < -0.4 is 0 Å². The van der Waals surface area contributed by atoms with Gasteiger partial charge in [0.25, 0.3) is 0 Å². The third-order valence-electron chi connectivity index (χ3n) is 2.85. The first-order chi connectivity index (χ1) is 9.10. The fraction of sp³-hybridized carbons (Fsp3) is 0.111. The molecule has 92 valence electrons. The number of hydrogen-bond donors (Lipinski definition) is 0. The Bertz CT molecular complexity index is 722. The standard InChI is InChI=1S/C18H13F/c1-4-16-9-6-15(12-18(16)19)7-10-17-8-5-13(2)11-14(17)3/h1,5-6,8-9,11-12H,2-3H3. The molecule has 0 saturated carbocycles. The van der Waals surface area contributed by atoms with Crippen LogP contribution in [-0.2, 0) is 0 Å². The topological polar surface area (TPSA) is 0 Å². The zero-order valence-electron chi connectivity index (χ0n) is 10.9. The lowest BCUT2D eigenvalue weighted by Crippen LogP contribution is -1.86. The van der Waals surface area contributed by atoms with Gasteiger partial charge in [-0.3, -0.25) is 0 Å². The second kappa shape index (κ2) is 5.42. The summed E-state index contributed by atoms with van der Waals surface area (Å²) in [4.78, 5) is 0. The number of halogens is 1. The smallest absolute Gasteiger partial charge is 0.140 e. The zero-order chi connectivity index (χ0) is 13.8. The van der Waals surface area contributed by atoms with Gasteiger partial charge >= 0.3 is 0 Å². The first kappa shape index (κ1) is 12.9. The monoisotopic (exact) mass is 248 g/mol. The molecule has 0 amide bonds. The summed E-state index contributed by atoms with van der Waals surface area (Å²) >= 11 is 0.